The number of alkyl halides is 3. The van der Waals surface area contributed by atoms with Crippen LogP contribution in [0.15, 0.2) is 12.1 Å². The predicted molar refractivity (Wildman–Crippen MR) is 80.8 cm³/mol. The Kier molecular flexibility index (Phi) is 5.33. The van der Waals surface area contributed by atoms with Crippen molar-refractivity contribution in [2.75, 3.05) is 18.4 Å². The number of benzene rings is 1. The van der Waals surface area contributed by atoms with Gasteiger partial charge in [-0.15, -0.1) is 0 Å². The van der Waals surface area contributed by atoms with Crippen molar-refractivity contribution in [3.8, 4) is 0 Å². The molecule has 23 heavy (non-hydrogen) atoms. The van der Waals surface area contributed by atoms with E-state index >= 15 is 0 Å². The molecule has 1 aliphatic heterocycles. The minimum Gasteiger partial charge on any atom is -0.333 e. The van der Waals surface area contributed by atoms with Gasteiger partial charge in [0, 0.05) is 13.0 Å². The maximum absolute atomic E-state index is 12.4. The van der Waals surface area contributed by atoms with Crippen molar-refractivity contribution in [2.45, 2.75) is 12.6 Å². The first-order valence-corrected chi connectivity index (χ1v) is 7.50. The van der Waals surface area contributed by atoms with Crippen molar-refractivity contribution in [1.29, 1.82) is 0 Å². The summed E-state index contributed by atoms with van der Waals surface area (Å²) in [7, 11) is 0. The van der Waals surface area contributed by atoms with Gasteiger partial charge < -0.3 is 10.2 Å². The van der Waals surface area contributed by atoms with Gasteiger partial charge in [0.25, 0.3) is 0 Å². The number of nitrogens with zero attached hydrogens (tertiary/aromatic N) is 1. The highest BCUT2D eigenvalue weighted by Gasteiger charge is 2.40. The number of amides is 2. The molecule has 0 aliphatic carbocycles. The van der Waals surface area contributed by atoms with Crippen LogP contribution in [0.3, 0.4) is 0 Å². The lowest BCUT2D eigenvalue weighted by atomic mass is 10.1. The van der Waals surface area contributed by atoms with Crippen LogP contribution in [0.1, 0.15) is 6.42 Å². The lowest BCUT2D eigenvalue weighted by molar-refractivity contribution is -0.157. The fraction of sp³-hybridized carbons (Fsp3) is 0.385. The third-order valence-corrected chi connectivity index (χ3v) is 4.26. The van der Waals surface area contributed by atoms with E-state index in [0.717, 1.165) is 0 Å². The summed E-state index contributed by atoms with van der Waals surface area (Å²) >= 11 is 17.5. The van der Waals surface area contributed by atoms with Crippen LogP contribution in [0, 0.1) is 5.92 Å². The zero-order chi connectivity index (χ0) is 17.4. The summed E-state index contributed by atoms with van der Waals surface area (Å²) in [5.41, 5.74) is 0.174. The summed E-state index contributed by atoms with van der Waals surface area (Å²) in [5.74, 6) is -2.22. The highest BCUT2D eigenvalue weighted by Crippen LogP contribution is 2.33. The first-order valence-electron chi connectivity index (χ1n) is 6.37. The molecule has 0 saturated carbocycles. The number of hydrogen-bond acceptors (Lipinski definition) is 2. The molecule has 0 bridgehead atoms. The van der Waals surface area contributed by atoms with E-state index in [4.69, 9.17) is 34.8 Å². The van der Waals surface area contributed by atoms with E-state index in [9.17, 15) is 22.8 Å². The second-order valence-corrected chi connectivity index (χ2v) is 6.25. The number of carbonyl (C=O) groups excluding carboxylic acids is 2. The molecule has 1 atom stereocenters. The van der Waals surface area contributed by atoms with Crippen LogP contribution < -0.4 is 5.32 Å². The minimum absolute atomic E-state index is 0.129. The van der Waals surface area contributed by atoms with Crippen LogP contribution in [-0.4, -0.2) is 36.0 Å². The van der Waals surface area contributed by atoms with E-state index < -0.39 is 30.5 Å². The topological polar surface area (TPSA) is 49.4 Å². The van der Waals surface area contributed by atoms with Crippen LogP contribution in [0.4, 0.5) is 18.9 Å². The molecule has 1 heterocycles. The molecule has 0 aromatic heterocycles. The van der Waals surface area contributed by atoms with Gasteiger partial charge in [-0.2, -0.15) is 13.2 Å². The van der Waals surface area contributed by atoms with E-state index in [1.54, 1.807) is 0 Å². The molecule has 10 heteroatoms. The number of hydrogen-bond donors (Lipinski definition) is 1. The second kappa shape index (κ2) is 6.75. The number of likely N-dealkylation sites (tertiary alicyclic amines) is 1. The third-order valence-electron chi connectivity index (χ3n) is 3.22. The molecule has 1 aromatic carbocycles. The maximum atomic E-state index is 12.4. The van der Waals surface area contributed by atoms with Gasteiger partial charge in [0.15, 0.2) is 0 Å². The van der Waals surface area contributed by atoms with Crippen LogP contribution in [0.25, 0.3) is 0 Å². The van der Waals surface area contributed by atoms with E-state index in [1.807, 2.05) is 0 Å². The summed E-state index contributed by atoms with van der Waals surface area (Å²) in [6.45, 7) is -1.67. The van der Waals surface area contributed by atoms with E-state index in [-0.39, 0.29) is 33.7 Å². The summed E-state index contributed by atoms with van der Waals surface area (Å²) < 4.78 is 37.1. The van der Waals surface area contributed by atoms with Crippen molar-refractivity contribution in [3.05, 3.63) is 27.2 Å². The molecule has 0 spiro atoms. The van der Waals surface area contributed by atoms with Gasteiger partial charge in [0.05, 0.1) is 26.7 Å². The molecular formula is C13H10Cl3F3N2O2. The molecule has 1 saturated heterocycles. The van der Waals surface area contributed by atoms with E-state index in [0.29, 0.717) is 4.90 Å². The molecule has 1 fully saturated rings. The smallest absolute Gasteiger partial charge is 0.333 e. The first-order chi connectivity index (χ1) is 10.6. The van der Waals surface area contributed by atoms with Crippen molar-refractivity contribution in [3.63, 3.8) is 0 Å². The Bertz CT molecular complexity index is 652. The Morgan fingerprint density at radius 2 is 1.83 bits per heavy atom. The lowest BCUT2D eigenvalue weighted by Crippen LogP contribution is -2.36. The average molecular weight is 390 g/mol. The Labute approximate surface area is 144 Å². The summed E-state index contributed by atoms with van der Waals surface area (Å²) in [4.78, 5) is 24.3. The number of nitrogens with one attached hydrogen (secondary N) is 1. The molecule has 1 aromatic rings. The van der Waals surface area contributed by atoms with Crippen LogP contribution in [-0.2, 0) is 9.59 Å². The summed E-state index contributed by atoms with van der Waals surface area (Å²) in [6.07, 6.45) is -4.80. The minimum atomic E-state index is -4.51. The summed E-state index contributed by atoms with van der Waals surface area (Å²) in [6, 6.07) is 2.66. The predicted octanol–water partition coefficient (Wildman–Crippen LogP) is 4.00. The molecule has 0 unspecified atom stereocenters. The zero-order valence-electron chi connectivity index (χ0n) is 11.4. The van der Waals surface area contributed by atoms with Gasteiger partial charge in [-0.3, -0.25) is 9.59 Å². The summed E-state index contributed by atoms with van der Waals surface area (Å²) in [5, 5.41) is 2.94. The molecule has 4 nitrogen and oxygen atoms in total. The molecule has 126 valence electrons. The Hall–Kier alpha value is -1.18. The average Bonchev–Trinajstić information content (AvgIpc) is 2.75. The van der Waals surface area contributed by atoms with E-state index in [1.165, 1.54) is 12.1 Å². The number of anilines is 1. The van der Waals surface area contributed by atoms with Crippen molar-refractivity contribution in [1.82, 2.24) is 4.90 Å². The van der Waals surface area contributed by atoms with Gasteiger partial charge in [-0.25, -0.2) is 0 Å². The highest BCUT2D eigenvalue weighted by molar-refractivity contribution is 6.44. The fourth-order valence-corrected chi connectivity index (χ4v) is 2.76. The van der Waals surface area contributed by atoms with Crippen LogP contribution in [0.5, 0.6) is 0 Å². The Morgan fingerprint density at radius 1 is 1.22 bits per heavy atom. The van der Waals surface area contributed by atoms with Crippen molar-refractivity contribution >= 4 is 52.3 Å². The van der Waals surface area contributed by atoms with E-state index in [2.05, 4.69) is 5.32 Å². The molecule has 1 aliphatic rings. The molecule has 1 N–H and O–H groups in total. The third kappa shape index (κ3) is 4.65. The monoisotopic (exact) mass is 388 g/mol. The quantitative estimate of drug-likeness (QED) is 0.795. The SMILES string of the molecule is O=C(Nc1cc(Cl)c(Cl)cc1Cl)[C@H]1CC(=O)N(CC(F)(F)F)C1. The largest absolute Gasteiger partial charge is 0.406 e. The van der Waals surface area contributed by atoms with Crippen LogP contribution >= 0.6 is 34.8 Å². The highest BCUT2D eigenvalue weighted by atomic mass is 35.5. The van der Waals surface area contributed by atoms with Gasteiger partial charge in [-0.1, -0.05) is 34.8 Å². The van der Waals surface area contributed by atoms with Gasteiger partial charge >= 0.3 is 6.18 Å². The van der Waals surface area contributed by atoms with Gasteiger partial charge in [0.2, 0.25) is 11.8 Å². The van der Waals surface area contributed by atoms with Crippen LogP contribution in [0.2, 0.25) is 15.1 Å². The standard InChI is InChI=1S/C13H10Cl3F3N2O2/c14-7-2-9(16)10(3-8(7)15)20-12(23)6-1-11(22)21(4-6)5-13(17,18)19/h2-3,6H,1,4-5H2,(H,20,23)/t6-/m0/s1. The first kappa shape index (κ1) is 18.2. The maximum Gasteiger partial charge on any atom is 0.406 e. The zero-order valence-corrected chi connectivity index (χ0v) is 13.7. The number of carbonyl (C=O) groups is 2. The fourth-order valence-electron chi connectivity index (χ4n) is 2.17. The van der Waals surface area contributed by atoms with Crippen molar-refractivity contribution in [2.24, 2.45) is 5.92 Å². The number of halogens is 6. The molecular weight excluding hydrogens is 380 g/mol. The van der Waals surface area contributed by atoms with Gasteiger partial charge in [-0.05, 0) is 12.1 Å². The van der Waals surface area contributed by atoms with Crippen molar-refractivity contribution < 1.29 is 22.8 Å². The molecule has 2 rings (SSSR count). The Morgan fingerprint density at radius 3 is 2.43 bits per heavy atom. The van der Waals surface area contributed by atoms with Gasteiger partial charge in [0.1, 0.15) is 6.54 Å². The number of rotatable bonds is 3. The lowest BCUT2D eigenvalue weighted by Gasteiger charge is -2.18. The molecule has 2 amide bonds. The second-order valence-electron chi connectivity index (χ2n) is 5.03. The molecule has 0 radical (unpaired) electrons. The Balaban J connectivity index is 2.05. The normalized spacial score (nSPS) is 18.4.